The van der Waals surface area contributed by atoms with Gasteiger partial charge in [0.25, 0.3) is 0 Å². The molecule has 5 nitrogen and oxygen atoms in total. The zero-order valence-corrected chi connectivity index (χ0v) is 12.2. The number of aliphatic carboxylic acids is 1. The number of aromatic nitrogens is 3. The summed E-state index contributed by atoms with van der Waals surface area (Å²) in [5, 5.41) is 8.81. The number of aryl methyl sites for hydroxylation is 1. The second-order valence-electron chi connectivity index (χ2n) is 5.97. The molecule has 5 heteroatoms. The Labute approximate surface area is 124 Å². The van der Waals surface area contributed by atoms with Crippen molar-refractivity contribution in [1.29, 1.82) is 0 Å². The van der Waals surface area contributed by atoms with Crippen molar-refractivity contribution in [3.05, 3.63) is 24.3 Å². The molecule has 0 radical (unpaired) electrons. The van der Waals surface area contributed by atoms with Crippen LogP contribution in [0.2, 0.25) is 0 Å². The average Bonchev–Trinajstić information content (AvgIpc) is 2.88. The largest absolute Gasteiger partial charge is 0.481 e. The van der Waals surface area contributed by atoms with Crippen LogP contribution in [-0.4, -0.2) is 25.6 Å². The van der Waals surface area contributed by atoms with Crippen LogP contribution in [0.1, 0.15) is 44.2 Å². The van der Waals surface area contributed by atoms with E-state index >= 15 is 0 Å². The highest BCUT2D eigenvalue weighted by molar-refractivity contribution is 5.76. The molecule has 0 aliphatic heterocycles. The fraction of sp³-hybridized carbons (Fsp3) is 0.562. The molecule has 1 saturated carbocycles. The molecule has 2 aromatic rings. The maximum absolute atomic E-state index is 10.7. The van der Waals surface area contributed by atoms with Crippen molar-refractivity contribution in [2.24, 2.45) is 5.92 Å². The van der Waals surface area contributed by atoms with Crippen LogP contribution in [0.3, 0.4) is 0 Å². The van der Waals surface area contributed by atoms with Gasteiger partial charge in [-0.05, 0) is 18.4 Å². The normalized spacial score (nSPS) is 16.4. The minimum atomic E-state index is -0.862. The van der Waals surface area contributed by atoms with Crippen molar-refractivity contribution in [3.63, 3.8) is 0 Å². The predicted molar refractivity (Wildman–Crippen MR) is 80.1 cm³/mol. The number of nitrogens with zero attached hydrogens (tertiary/aromatic N) is 3. The molecule has 3 rings (SSSR count). The van der Waals surface area contributed by atoms with Crippen molar-refractivity contribution in [2.75, 3.05) is 0 Å². The summed E-state index contributed by atoms with van der Waals surface area (Å²) < 4.78 is 2.14. The van der Waals surface area contributed by atoms with Crippen LogP contribution in [0.5, 0.6) is 0 Å². The maximum Gasteiger partial charge on any atom is 0.309 e. The summed E-state index contributed by atoms with van der Waals surface area (Å²) in [7, 11) is 0. The first-order valence-corrected chi connectivity index (χ1v) is 7.74. The molecule has 2 heterocycles. The smallest absolute Gasteiger partial charge is 0.309 e. The molecule has 1 aliphatic rings. The highest BCUT2D eigenvalue weighted by Gasteiger charge is 2.14. The molecule has 1 aliphatic carbocycles. The maximum atomic E-state index is 10.7. The van der Waals surface area contributed by atoms with E-state index in [1.807, 2.05) is 6.33 Å². The third kappa shape index (κ3) is 3.40. The van der Waals surface area contributed by atoms with Gasteiger partial charge in [0.05, 0.1) is 35.7 Å². The van der Waals surface area contributed by atoms with Gasteiger partial charge in [-0.3, -0.25) is 9.78 Å². The highest BCUT2D eigenvalue weighted by Crippen LogP contribution is 2.27. The molecule has 0 amide bonds. The topological polar surface area (TPSA) is 68.0 Å². The quantitative estimate of drug-likeness (QED) is 0.917. The first kappa shape index (κ1) is 14.0. The zero-order valence-electron chi connectivity index (χ0n) is 12.2. The summed E-state index contributed by atoms with van der Waals surface area (Å²) in [5.41, 5.74) is 2.40. The number of pyridine rings is 1. The summed E-state index contributed by atoms with van der Waals surface area (Å²) in [4.78, 5) is 19.3. The van der Waals surface area contributed by atoms with E-state index in [-0.39, 0.29) is 6.42 Å². The van der Waals surface area contributed by atoms with E-state index in [9.17, 15) is 4.79 Å². The second kappa shape index (κ2) is 6.24. The zero-order chi connectivity index (χ0) is 14.7. The van der Waals surface area contributed by atoms with Crippen LogP contribution in [0.15, 0.2) is 18.6 Å². The number of carbonyl (C=O) groups is 1. The molecule has 2 aromatic heterocycles. The Morgan fingerprint density at radius 1 is 1.29 bits per heavy atom. The lowest BCUT2D eigenvalue weighted by atomic mass is 9.87. The molecule has 1 N–H and O–H groups in total. The fourth-order valence-electron chi connectivity index (χ4n) is 3.23. The molecule has 0 saturated heterocycles. The summed E-state index contributed by atoms with van der Waals surface area (Å²) in [5.74, 6) is -0.0194. The summed E-state index contributed by atoms with van der Waals surface area (Å²) in [6.45, 7) is 0.973. The highest BCUT2D eigenvalue weighted by atomic mass is 16.4. The number of hydrogen-bond donors (Lipinski definition) is 1. The van der Waals surface area contributed by atoms with Gasteiger partial charge in [0, 0.05) is 6.54 Å². The number of carboxylic acid groups (broad SMARTS) is 1. The first-order valence-electron chi connectivity index (χ1n) is 7.74. The van der Waals surface area contributed by atoms with Gasteiger partial charge in [0.2, 0.25) is 0 Å². The SMILES string of the molecule is O=C(O)Cc1cc2ncn(CCC3CCCCC3)c2cn1. The second-order valence-corrected chi connectivity index (χ2v) is 5.97. The third-order valence-corrected chi connectivity index (χ3v) is 4.40. The monoisotopic (exact) mass is 287 g/mol. The van der Waals surface area contributed by atoms with Gasteiger partial charge in [-0.2, -0.15) is 0 Å². The van der Waals surface area contributed by atoms with Gasteiger partial charge in [-0.1, -0.05) is 32.1 Å². The van der Waals surface area contributed by atoms with Crippen LogP contribution in [0, 0.1) is 5.92 Å². The van der Waals surface area contributed by atoms with Gasteiger partial charge in [-0.25, -0.2) is 4.98 Å². The Hall–Kier alpha value is -1.91. The minimum absolute atomic E-state index is 0.0507. The number of carboxylic acids is 1. The minimum Gasteiger partial charge on any atom is -0.481 e. The predicted octanol–water partition coefficient (Wildman–Crippen LogP) is 3.03. The van der Waals surface area contributed by atoms with Crippen LogP contribution in [0.25, 0.3) is 11.0 Å². The van der Waals surface area contributed by atoms with Crippen LogP contribution >= 0.6 is 0 Å². The molecule has 112 valence electrons. The Bertz CT molecular complexity index is 629. The molecule has 0 atom stereocenters. The molecule has 0 bridgehead atoms. The lowest BCUT2D eigenvalue weighted by Crippen LogP contribution is -2.09. The van der Waals surface area contributed by atoms with E-state index in [0.717, 1.165) is 23.5 Å². The standard InChI is InChI=1S/C16H21N3O2/c20-16(21)9-13-8-14-15(10-17-13)19(11-18-14)7-6-12-4-2-1-3-5-12/h8,10-12H,1-7,9H2,(H,20,21). The van der Waals surface area contributed by atoms with Gasteiger partial charge in [0.15, 0.2) is 0 Å². The Balaban J connectivity index is 1.69. The van der Waals surface area contributed by atoms with Crippen LogP contribution in [-0.2, 0) is 17.8 Å². The fourth-order valence-corrected chi connectivity index (χ4v) is 3.23. The van der Waals surface area contributed by atoms with Crippen molar-refractivity contribution in [2.45, 2.75) is 51.5 Å². The third-order valence-electron chi connectivity index (χ3n) is 4.40. The first-order chi connectivity index (χ1) is 10.2. The molecule has 0 aromatic carbocycles. The molecule has 1 fully saturated rings. The van der Waals surface area contributed by atoms with Crippen molar-refractivity contribution in [1.82, 2.24) is 14.5 Å². The number of fused-ring (bicyclic) bond motifs is 1. The van der Waals surface area contributed by atoms with Gasteiger partial charge < -0.3 is 9.67 Å². The summed E-state index contributed by atoms with van der Waals surface area (Å²) in [6, 6.07) is 1.78. The van der Waals surface area contributed by atoms with Gasteiger partial charge in [-0.15, -0.1) is 0 Å². The molecule has 21 heavy (non-hydrogen) atoms. The number of hydrogen-bond acceptors (Lipinski definition) is 3. The van der Waals surface area contributed by atoms with Crippen LogP contribution < -0.4 is 0 Å². The van der Waals surface area contributed by atoms with Crippen molar-refractivity contribution < 1.29 is 9.90 Å². The Kier molecular flexibility index (Phi) is 4.18. The van der Waals surface area contributed by atoms with Crippen molar-refractivity contribution in [3.8, 4) is 0 Å². The van der Waals surface area contributed by atoms with Crippen molar-refractivity contribution >= 4 is 17.0 Å². The Morgan fingerprint density at radius 2 is 2.10 bits per heavy atom. The average molecular weight is 287 g/mol. The molecule has 0 spiro atoms. The number of imidazole rings is 1. The van der Waals surface area contributed by atoms with E-state index < -0.39 is 5.97 Å². The Morgan fingerprint density at radius 3 is 2.86 bits per heavy atom. The summed E-state index contributed by atoms with van der Waals surface area (Å²) in [6.07, 6.45) is 11.6. The molecular weight excluding hydrogens is 266 g/mol. The number of rotatable bonds is 5. The lowest BCUT2D eigenvalue weighted by Gasteiger charge is -2.21. The van der Waals surface area contributed by atoms with E-state index in [1.54, 1.807) is 12.3 Å². The van der Waals surface area contributed by atoms with Gasteiger partial charge in [0.1, 0.15) is 0 Å². The molecular formula is C16H21N3O2. The summed E-state index contributed by atoms with van der Waals surface area (Å²) >= 11 is 0. The van der Waals surface area contributed by atoms with E-state index in [0.29, 0.717) is 5.69 Å². The van der Waals surface area contributed by atoms with E-state index in [2.05, 4.69) is 14.5 Å². The van der Waals surface area contributed by atoms with Gasteiger partial charge >= 0.3 is 5.97 Å². The lowest BCUT2D eigenvalue weighted by molar-refractivity contribution is -0.136. The van der Waals surface area contributed by atoms with E-state index in [1.165, 1.54) is 38.5 Å². The molecule has 0 unspecified atom stereocenters. The van der Waals surface area contributed by atoms with E-state index in [4.69, 9.17) is 5.11 Å². The van der Waals surface area contributed by atoms with Crippen LogP contribution in [0.4, 0.5) is 0 Å².